The van der Waals surface area contributed by atoms with Crippen LogP contribution in [0.1, 0.15) is 19.8 Å². The van der Waals surface area contributed by atoms with Gasteiger partial charge in [0.25, 0.3) is 0 Å². The van der Waals surface area contributed by atoms with E-state index in [0.717, 1.165) is 37.3 Å². The molecular weight excluding hydrogens is 256 g/mol. The van der Waals surface area contributed by atoms with E-state index in [1.807, 2.05) is 23.7 Å². The molecule has 0 radical (unpaired) electrons. The highest BCUT2D eigenvalue weighted by atomic mass is 16.5. The minimum absolute atomic E-state index is 0.0239. The molecule has 6 heteroatoms. The highest BCUT2D eigenvalue weighted by molar-refractivity contribution is 5.73. The zero-order chi connectivity index (χ0) is 13.9. The van der Waals surface area contributed by atoms with Crippen molar-refractivity contribution in [3.63, 3.8) is 0 Å². The van der Waals surface area contributed by atoms with Crippen molar-refractivity contribution in [3.8, 4) is 0 Å². The van der Waals surface area contributed by atoms with Crippen LogP contribution in [0.4, 0.5) is 5.82 Å². The van der Waals surface area contributed by atoms with Crippen molar-refractivity contribution in [2.45, 2.75) is 19.8 Å². The van der Waals surface area contributed by atoms with Crippen molar-refractivity contribution in [1.82, 2.24) is 14.6 Å². The molecule has 0 atom stereocenters. The number of piperidine rings is 1. The van der Waals surface area contributed by atoms with Gasteiger partial charge in [-0.25, -0.2) is 9.50 Å². The van der Waals surface area contributed by atoms with Gasteiger partial charge < -0.3 is 9.64 Å². The van der Waals surface area contributed by atoms with Crippen LogP contribution in [0.3, 0.4) is 0 Å². The van der Waals surface area contributed by atoms with Gasteiger partial charge in [0, 0.05) is 25.5 Å². The number of esters is 1. The molecule has 0 bridgehead atoms. The van der Waals surface area contributed by atoms with Crippen LogP contribution in [0, 0.1) is 5.92 Å². The average Bonchev–Trinajstić information content (AvgIpc) is 2.96. The van der Waals surface area contributed by atoms with Gasteiger partial charge in [0.1, 0.15) is 5.52 Å². The van der Waals surface area contributed by atoms with Crippen LogP contribution in [-0.4, -0.2) is 40.3 Å². The van der Waals surface area contributed by atoms with Crippen LogP contribution in [0.2, 0.25) is 0 Å². The summed E-state index contributed by atoms with van der Waals surface area (Å²) >= 11 is 0. The van der Waals surface area contributed by atoms with Gasteiger partial charge in [0.05, 0.1) is 18.7 Å². The first-order chi connectivity index (χ1) is 9.79. The molecule has 20 heavy (non-hydrogen) atoms. The second-order valence-electron chi connectivity index (χ2n) is 4.93. The summed E-state index contributed by atoms with van der Waals surface area (Å²) in [5.41, 5.74) is 1.00. The Morgan fingerprint density at radius 3 is 2.95 bits per heavy atom. The van der Waals surface area contributed by atoms with Crippen LogP contribution < -0.4 is 4.90 Å². The summed E-state index contributed by atoms with van der Waals surface area (Å²) in [5.74, 6) is 0.894. The topological polar surface area (TPSA) is 59.7 Å². The van der Waals surface area contributed by atoms with Gasteiger partial charge in [-0.05, 0) is 25.8 Å². The molecule has 6 nitrogen and oxygen atoms in total. The smallest absolute Gasteiger partial charge is 0.309 e. The third-order valence-electron chi connectivity index (χ3n) is 3.72. The maximum Gasteiger partial charge on any atom is 0.309 e. The third kappa shape index (κ3) is 2.33. The molecule has 3 rings (SSSR count). The molecule has 3 heterocycles. The minimum Gasteiger partial charge on any atom is -0.466 e. The predicted octanol–water partition coefficient (Wildman–Crippen LogP) is 1.51. The maximum absolute atomic E-state index is 11.7. The molecule has 1 aliphatic heterocycles. The predicted molar refractivity (Wildman–Crippen MR) is 74.6 cm³/mol. The van der Waals surface area contributed by atoms with Crippen molar-refractivity contribution in [1.29, 1.82) is 0 Å². The van der Waals surface area contributed by atoms with Gasteiger partial charge in [-0.2, -0.15) is 5.10 Å². The maximum atomic E-state index is 11.7. The van der Waals surface area contributed by atoms with E-state index in [0.29, 0.717) is 6.61 Å². The molecule has 0 amide bonds. The van der Waals surface area contributed by atoms with Crippen molar-refractivity contribution in [3.05, 3.63) is 24.7 Å². The number of rotatable bonds is 3. The summed E-state index contributed by atoms with van der Waals surface area (Å²) in [6.07, 6.45) is 6.99. The number of carbonyl (C=O) groups excluding carboxylic acids is 1. The van der Waals surface area contributed by atoms with Crippen LogP contribution in [0.15, 0.2) is 24.7 Å². The Morgan fingerprint density at radius 2 is 2.20 bits per heavy atom. The van der Waals surface area contributed by atoms with E-state index in [9.17, 15) is 4.79 Å². The van der Waals surface area contributed by atoms with Gasteiger partial charge in [-0.3, -0.25) is 4.79 Å². The number of carbonyl (C=O) groups is 1. The molecule has 2 aromatic rings. The Morgan fingerprint density at radius 1 is 1.40 bits per heavy atom. The summed E-state index contributed by atoms with van der Waals surface area (Å²) in [6.45, 7) is 3.94. The summed E-state index contributed by atoms with van der Waals surface area (Å²) in [6, 6.07) is 1.96. The first-order valence-corrected chi connectivity index (χ1v) is 6.99. The average molecular weight is 274 g/mol. The largest absolute Gasteiger partial charge is 0.466 e. The molecule has 1 saturated heterocycles. The van der Waals surface area contributed by atoms with E-state index in [1.165, 1.54) is 0 Å². The van der Waals surface area contributed by atoms with E-state index in [1.54, 1.807) is 12.4 Å². The van der Waals surface area contributed by atoms with Crippen molar-refractivity contribution in [2.75, 3.05) is 24.6 Å². The number of nitrogens with zero attached hydrogens (tertiary/aromatic N) is 4. The Labute approximate surface area is 117 Å². The van der Waals surface area contributed by atoms with Crippen LogP contribution in [0.25, 0.3) is 5.52 Å². The quantitative estimate of drug-likeness (QED) is 0.794. The molecule has 0 aromatic carbocycles. The van der Waals surface area contributed by atoms with Crippen LogP contribution in [0.5, 0.6) is 0 Å². The van der Waals surface area contributed by atoms with E-state index >= 15 is 0 Å². The van der Waals surface area contributed by atoms with Gasteiger partial charge in [0.2, 0.25) is 0 Å². The standard InChI is InChI=1S/C14H18N4O2/c1-2-20-14(19)11-4-8-17(9-5-11)13-12-3-6-16-18(12)10-7-15-13/h3,6-7,10-11H,2,4-5,8-9H2,1H3. The second-order valence-corrected chi connectivity index (χ2v) is 4.93. The van der Waals surface area contributed by atoms with E-state index in [2.05, 4.69) is 15.0 Å². The molecule has 0 spiro atoms. The molecule has 1 aliphatic rings. The highest BCUT2D eigenvalue weighted by Gasteiger charge is 2.27. The molecule has 0 saturated carbocycles. The monoisotopic (exact) mass is 274 g/mol. The Bertz CT molecular complexity index is 602. The fraction of sp³-hybridized carbons (Fsp3) is 0.500. The minimum atomic E-state index is -0.0670. The zero-order valence-corrected chi connectivity index (χ0v) is 11.5. The number of anilines is 1. The lowest BCUT2D eigenvalue weighted by Crippen LogP contribution is -2.37. The lowest BCUT2D eigenvalue weighted by molar-refractivity contribution is -0.148. The first-order valence-electron chi connectivity index (χ1n) is 6.99. The molecular formula is C14H18N4O2. The van der Waals surface area contributed by atoms with Crippen molar-refractivity contribution in [2.24, 2.45) is 5.92 Å². The molecule has 0 aliphatic carbocycles. The Balaban J connectivity index is 1.72. The van der Waals surface area contributed by atoms with E-state index in [-0.39, 0.29) is 11.9 Å². The third-order valence-corrected chi connectivity index (χ3v) is 3.72. The summed E-state index contributed by atoms with van der Waals surface area (Å²) in [4.78, 5) is 18.4. The van der Waals surface area contributed by atoms with Gasteiger partial charge >= 0.3 is 5.97 Å². The fourth-order valence-electron chi connectivity index (χ4n) is 2.67. The molecule has 1 fully saturated rings. The van der Waals surface area contributed by atoms with Crippen molar-refractivity contribution < 1.29 is 9.53 Å². The van der Waals surface area contributed by atoms with Crippen LogP contribution >= 0.6 is 0 Å². The van der Waals surface area contributed by atoms with Gasteiger partial charge in [-0.1, -0.05) is 0 Å². The van der Waals surface area contributed by atoms with Gasteiger partial charge in [0.15, 0.2) is 5.82 Å². The number of hydrogen-bond donors (Lipinski definition) is 0. The summed E-state index contributed by atoms with van der Waals surface area (Å²) < 4.78 is 6.91. The number of aromatic nitrogens is 3. The number of hydrogen-bond acceptors (Lipinski definition) is 5. The lowest BCUT2D eigenvalue weighted by Gasteiger charge is -2.31. The zero-order valence-electron chi connectivity index (χ0n) is 11.5. The normalized spacial score (nSPS) is 16.6. The highest BCUT2D eigenvalue weighted by Crippen LogP contribution is 2.25. The van der Waals surface area contributed by atoms with Crippen molar-refractivity contribution >= 4 is 17.3 Å². The molecule has 106 valence electrons. The molecule has 0 N–H and O–H groups in total. The Kier molecular flexibility index (Phi) is 3.54. The lowest BCUT2D eigenvalue weighted by atomic mass is 9.97. The SMILES string of the molecule is CCOC(=O)C1CCN(c2nccn3nccc23)CC1. The second kappa shape index (κ2) is 5.48. The van der Waals surface area contributed by atoms with E-state index in [4.69, 9.17) is 4.74 Å². The summed E-state index contributed by atoms with van der Waals surface area (Å²) in [5, 5.41) is 4.22. The number of fused-ring (bicyclic) bond motifs is 1. The van der Waals surface area contributed by atoms with Gasteiger partial charge in [-0.15, -0.1) is 0 Å². The van der Waals surface area contributed by atoms with Crippen LogP contribution in [-0.2, 0) is 9.53 Å². The first kappa shape index (κ1) is 12.9. The molecule has 2 aromatic heterocycles. The number of ether oxygens (including phenoxy) is 1. The molecule has 0 unspecified atom stereocenters. The van der Waals surface area contributed by atoms with E-state index < -0.39 is 0 Å². The fourth-order valence-corrected chi connectivity index (χ4v) is 2.67. The summed E-state index contributed by atoms with van der Waals surface area (Å²) in [7, 11) is 0. The Hall–Kier alpha value is -2.11.